The highest BCUT2D eigenvalue weighted by atomic mass is 32.1. The molecule has 0 fully saturated rings. The van der Waals surface area contributed by atoms with Gasteiger partial charge in [-0.2, -0.15) is 0 Å². The largest absolute Gasteiger partial charge is 0.356 e. The number of aromatic nitrogens is 2. The predicted molar refractivity (Wildman–Crippen MR) is 102 cm³/mol. The summed E-state index contributed by atoms with van der Waals surface area (Å²) < 4.78 is 2.20. The lowest BCUT2D eigenvalue weighted by Gasteiger charge is -2.16. The van der Waals surface area contributed by atoms with Crippen LogP contribution in [0, 0.1) is 11.8 Å². The van der Waals surface area contributed by atoms with Crippen molar-refractivity contribution in [2.45, 2.75) is 40.3 Å². The molecule has 1 atom stereocenters. The lowest BCUT2D eigenvalue weighted by molar-refractivity contribution is 0.502. The van der Waals surface area contributed by atoms with E-state index in [0.717, 1.165) is 31.3 Å². The maximum absolute atomic E-state index is 4.44. The molecule has 0 aliphatic carbocycles. The van der Waals surface area contributed by atoms with Crippen molar-refractivity contribution in [3.05, 3.63) is 40.6 Å². The SMILES string of the molecule is CN=C(NCc1nccn1CC(C)C)NCC(C)Cc1cccs1. The molecule has 0 saturated heterocycles. The normalized spacial score (nSPS) is 13.3. The third-order valence-electron chi connectivity index (χ3n) is 3.75. The van der Waals surface area contributed by atoms with E-state index in [4.69, 9.17) is 0 Å². The molecular formula is C18H29N5S. The fraction of sp³-hybridized carbons (Fsp3) is 0.556. The number of imidazole rings is 1. The molecule has 0 amide bonds. The lowest BCUT2D eigenvalue weighted by atomic mass is 10.1. The number of guanidine groups is 1. The molecule has 0 aliphatic rings. The van der Waals surface area contributed by atoms with Crippen LogP contribution in [0.4, 0.5) is 0 Å². The second-order valence-corrected chi connectivity index (χ2v) is 7.62. The lowest BCUT2D eigenvalue weighted by Crippen LogP contribution is -2.39. The molecule has 0 aromatic carbocycles. The second-order valence-electron chi connectivity index (χ2n) is 6.59. The van der Waals surface area contributed by atoms with E-state index in [9.17, 15) is 0 Å². The molecule has 24 heavy (non-hydrogen) atoms. The second kappa shape index (κ2) is 9.47. The summed E-state index contributed by atoms with van der Waals surface area (Å²) in [6, 6.07) is 4.31. The van der Waals surface area contributed by atoms with Crippen LogP contribution in [0.5, 0.6) is 0 Å². The third-order valence-corrected chi connectivity index (χ3v) is 4.65. The fourth-order valence-corrected chi connectivity index (χ4v) is 3.44. The van der Waals surface area contributed by atoms with Crippen LogP contribution in [0.15, 0.2) is 34.9 Å². The summed E-state index contributed by atoms with van der Waals surface area (Å²) in [5, 5.41) is 8.90. The maximum atomic E-state index is 4.44. The van der Waals surface area contributed by atoms with Gasteiger partial charge in [0, 0.05) is 37.4 Å². The highest BCUT2D eigenvalue weighted by molar-refractivity contribution is 7.09. The quantitative estimate of drug-likeness (QED) is 0.570. The predicted octanol–water partition coefficient (Wildman–Crippen LogP) is 3.14. The van der Waals surface area contributed by atoms with Crippen LogP contribution in [0.1, 0.15) is 31.5 Å². The van der Waals surface area contributed by atoms with Crippen molar-refractivity contribution in [1.82, 2.24) is 20.2 Å². The summed E-state index contributed by atoms with van der Waals surface area (Å²) in [5.74, 6) is 3.03. The number of aliphatic imine (C=N–C) groups is 1. The van der Waals surface area contributed by atoms with E-state index < -0.39 is 0 Å². The summed E-state index contributed by atoms with van der Waals surface area (Å²) >= 11 is 1.82. The van der Waals surface area contributed by atoms with Gasteiger partial charge in [-0.05, 0) is 29.7 Å². The minimum atomic E-state index is 0.560. The molecule has 0 spiro atoms. The summed E-state index contributed by atoms with van der Waals surface area (Å²) in [6.45, 7) is 9.26. The van der Waals surface area contributed by atoms with Gasteiger partial charge in [0.15, 0.2) is 5.96 Å². The zero-order valence-electron chi connectivity index (χ0n) is 15.1. The first kappa shape index (κ1) is 18.5. The van der Waals surface area contributed by atoms with Crippen LogP contribution in [0.25, 0.3) is 0 Å². The Labute approximate surface area is 149 Å². The molecule has 132 valence electrons. The van der Waals surface area contributed by atoms with Crippen LogP contribution < -0.4 is 10.6 Å². The Hall–Kier alpha value is -1.82. The smallest absolute Gasteiger partial charge is 0.191 e. The van der Waals surface area contributed by atoms with Gasteiger partial charge in [0.05, 0.1) is 6.54 Å². The van der Waals surface area contributed by atoms with E-state index in [2.05, 4.69) is 63.5 Å². The first-order chi connectivity index (χ1) is 11.6. The monoisotopic (exact) mass is 347 g/mol. The number of thiophene rings is 1. The van der Waals surface area contributed by atoms with Crippen molar-refractivity contribution >= 4 is 17.3 Å². The standard InChI is InChI=1S/C18H29N5S/c1-14(2)13-23-8-7-20-17(23)12-22-18(19-4)21-11-15(3)10-16-6-5-9-24-16/h5-9,14-15H,10-13H2,1-4H3,(H2,19,21,22). The summed E-state index contributed by atoms with van der Waals surface area (Å²) in [5.41, 5.74) is 0. The molecule has 0 radical (unpaired) electrons. The van der Waals surface area contributed by atoms with Crippen molar-refractivity contribution in [2.24, 2.45) is 16.8 Å². The summed E-state index contributed by atoms with van der Waals surface area (Å²) in [7, 11) is 1.81. The molecule has 1 unspecified atom stereocenters. The highest BCUT2D eigenvalue weighted by Crippen LogP contribution is 2.13. The minimum absolute atomic E-state index is 0.560. The molecule has 2 aromatic heterocycles. The Morgan fingerprint density at radius 1 is 1.33 bits per heavy atom. The molecular weight excluding hydrogens is 318 g/mol. The molecule has 6 heteroatoms. The Morgan fingerprint density at radius 2 is 2.17 bits per heavy atom. The van der Waals surface area contributed by atoms with Gasteiger partial charge in [0.2, 0.25) is 0 Å². The minimum Gasteiger partial charge on any atom is -0.356 e. The van der Waals surface area contributed by atoms with Gasteiger partial charge >= 0.3 is 0 Å². The van der Waals surface area contributed by atoms with Crippen molar-refractivity contribution in [3.8, 4) is 0 Å². The number of nitrogens with one attached hydrogen (secondary N) is 2. The first-order valence-electron chi connectivity index (χ1n) is 8.55. The first-order valence-corrected chi connectivity index (χ1v) is 9.43. The van der Waals surface area contributed by atoms with E-state index in [1.807, 2.05) is 23.7 Å². The van der Waals surface area contributed by atoms with Crippen molar-refractivity contribution in [3.63, 3.8) is 0 Å². The van der Waals surface area contributed by atoms with E-state index in [-0.39, 0.29) is 0 Å². The van der Waals surface area contributed by atoms with E-state index in [1.54, 1.807) is 7.05 Å². The van der Waals surface area contributed by atoms with Crippen LogP contribution >= 0.6 is 11.3 Å². The van der Waals surface area contributed by atoms with Gasteiger partial charge in [-0.15, -0.1) is 11.3 Å². The topological polar surface area (TPSA) is 54.2 Å². The number of hydrogen-bond acceptors (Lipinski definition) is 3. The third kappa shape index (κ3) is 6.00. The van der Waals surface area contributed by atoms with Gasteiger partial charge in [-0.1, -0.05) is 26.8 Å². The van der Waals surface area contributed by atoms with Crippen molar-refractivity contribution < 1.29 is 0 Å². The Bertz CT molecular complexity index is 615. The summed E-state index contributed by atoms with van der Waals surface area (Å²) in [6.07, 6.45) is 5.00. The van der Waals surface area contributed by atoms with Crippen molar-refractivity contribution in [1.29, 1.82) is 0 Å². The molecule has 2 rings (SSSR count). The zero-order valence-corrected chi connectivity index (χ0v) is 15.9. The average Bonchev–Trinajstić information content (AvgIpc) is 3.19. The fourth-order valence-electron chi connectivity index (χ4n) is 2.57. The van der Waals surface area contributed by atoms with E-state index in [0.29, 0.717) is 18.4 Å². The summed E-state index contributed by atoms with van der Waals surface area (Å²) in [4.78, 5) is 10.2. The molecule has 0 saturated carbocycles. The van der Waals surface area contributed by atoms with Crippen molar-refractivity contribution in [2.75, 3.05) is 13.6 Å². The molecule has 5 nitrogen and oxygen atoms in total. The van der Waals surface area contributed by atoms with Crippen LogP contribution in [-0.2, 0) is 19.5 Å². The van der Waals surface area contributed by atoms with Gasteiger partial charge in [-0.3, -0.25) is 4.99 Å². The molecule has 0 aliphatic heterocycles. The van der Waals surface area contributed by atoms with Crippen LogP contribution in [0.2, 0.25) is 0 Å². The maximum Gasteiger partial charge on any atom is 0.191 e. The van der Waals surface area contributed by atoms with Gasteiger partial charge in [-0.25, -0.2) is 4.98 Å². The van der Waals surface area contributed by atoms with Crippen LogP contribution in [-0.4, -0.2) is 29.1 Å². The van der Waals surface area contributed by atoms with Gasteiger partial charge < -0.3 is 15.2 Å². The van der Waals surface area contributed by atoms with E-state index >= 15 is 0 Å². The molecule has 2 aromatic rings. The molecule has 2 N–H and O–H groups in total. The highest BCUT2D eigenvalue weighted by Gasteiger charge is 2.08. The number of hydrogen-bond donors (Lipinski definition) is 2. The van der Waals surface area contributed by atoms with Gasteiger partial charge in [0.25, 0.3) is 0 Å². The number of nitrogens with zero attached hydrogens (tertiary/aromatic N) is 3. The molecule has 0 bridgehead atoms. The Balaban J connectivity index is 1.77. The Morgan fingerprint density at radius 3 is 2.83 bits per heavy atom. The van der Waals surface area contributed by atoms with E-state index in [1.165, 1.54) is 4.88 Å². The van der Waals surface area contributed by atoms with Gasteiger partial charge in [0.1, 0.15) is 5.82 Å². The number of rotatable bonds is 8. The zero-order chi connectivity index (χ0) is 17.4. The average molecular weight is 348 g/mol. The Kier molecular flexibility index (Phi) is 7.31. The molecule has 2 heterocycles. The van der Waals surface area contributed by atoms with Crippen LogP contribution in [0.3, 0.4) is 0 Å².